The average Bonchev–Trinajstić information content (AvgIpc) is 2.23. The molecule has 0 bridgehead atoms. The molecule has 5 nitrogen and oxygen atoms in total. The first kappa shape index (κ1) is 11.9. The van der Waals surface area contributed by atoms with Crippen molar-refractivity contribution in [3.05, 3.63) is 33.9 Å². The molecule has 5 heteroatoms. The van der Waals surface area contributed by atoms with Gasteiger partial charge in [0.2, 0.25) is 0 Å². The topological polar surface area (TPSA) is 75.4 Å². The molecule has 1 aliphatic rings. The summed E-state index contributed by atoms with van der Waals surface area (Å²) in [4.78, 5) is 10.3. The zero-order chi connectivity index (χ0) is 12.5. The van der Waals surface area contributed by atoms with Gasteiger partial charge in [-0.2, -0.15) is 0 Å². The van der Waals surface area contributed by atoms with Crippen molar-refractivity contribution < 1.29 is 10.0 Å². The molecule has 0 heterocycles. The third-order valence-corrected chi connectivity index (χ3v) is 3.18. The van der Waals surface area contributed by atoms with Crippen molar-refractivity contribution in [2.45, 2.75) is 31.8 Å². The molecule has 0 aromatic heterocycles. The number of nitro groups is 1. The summed E-state index contributed by atoms with van der Waals surface area (Å²) in [6.07, 6.45) is 2.65. The van der Waals surface area contributed by atoms with Gasteiger partial charge < -0.3 is 10.4 Å². The van der Waals surface area contributed by atoms with Gasteiger partial charge in [0, 0.05) is 24.4 Å². The van der Waals surface area contributed by atoms with Crippen LogP contribution in [0, 0.1) is 17.0 Å². The highest BCUT2D eigenvalue weighted by atomic mass is 16.6. The molecule has 1 fully saturated rings. The standard InChI is InChI=1S/C12H16N2O3/c1-9-5-10(7-11(6-9)14(16)17)13-8-12(15)3-2-4-12/h5-7,13,15H,2-4,8H2,1H3. The molecule has 17 heavy (non-hydrogen) atoms. The van der Waals surface area contributed by atoms with Crippen LogP contribution in [0.3, 0.4) is 0 Å². The van der Waals surface area contributed by atoms with Gasteiger partial charge in [-0.25, -0.2) is 0 Å². The summed E-state index contributed by atoms with van der Waals surface area (Å²) >= 11 is 0. The Morgan fingerprint density at radius 2 is 2.18 bits per heavy atom. The van der Waals surface area contributed by atoms with Gasteiger partial charge in [-0.1, -0.05) is 0 Å². The summed E-state index contributed by atoms with van der Waals surface area (Å²) in [5.41, 5.74) is 0.978. The van der Waals surface area contributed by atoms with E-state index in [1.165, 1.54) is 12.1 Å². The Labute approximate surface area is 99.6 Å². The van der Waals surface area contributed by atoms with Crippen molar-refractivity contribution >= 4 is 11.4 Å². The van der Waals surface area contributed by atoms with Crippen molar-refractivity contribution in [1.82, 2.24) is 0 Å². The van der Waals surface area contributed by atoms with E-state index in [2.05, 4.69) is 5.32 Å². The third kappa shape index (κ3) is 2.74. The zero-order valence-electron chi connectivity index (χ0n) is 9.77. The van der Waals surface area contributed by atoms with Crippen molar-refractivity contribution in [3.8, 4) is 0 Å². The number of nitrogens with one attached hydrogen (secondary N) is 1. The van der Waals surface area contributed by atoms with Crippen molar-refractivity contribution in [2.75, 3.05) is 11.9 Å². The number of benzene rings is 1. The molecular formula is C12H16N2O3. The molecule has 2 N–H and O–H groups in total. The predicted octanol–water partition coefficient (Wildman–Crippen LogP) is 2.23. The molecule has 92 valence electrons. The second-order valence-corrected chi connectivity index (χ2v) is 4.75. The first-order valence-electron chi connectivity index (χ1n) is 5.71. The second-order valence-electron chi connectivity index (χ2n) is 4.75. The number of rotatable bonds is 4. The van der Waals surface area contributed by atoms with Crippen LogP contribution in [0.4, 0.5) is 11.4 Å². The zero-order valence-corrected chi connectivity index (χ0v) is 9.77. The van der Waals surface area contributed by atoms with Crippen LogP contribution in [-0.4, -0.2) is 22.2 Å². The van der Waals surface area contributed by atoms with E-state index >= 15 is 0 Å². The minimum absolute atomic E-state index is 0.0769. The van der Waals surface area contributed by atoms with Crippen molar-refractivity contribution in [1.29, 1.82) is 0 Å². The lowest BCUT2D eigenvalue weighted by atomic mass is 9.80. The fraction of sp³-hybridized carbons (Fsp3) is 0.500. The second kappa shape index (κ2) is 4.33. The van der Waals surface area contributed by atoms with E-state index < -0.39 is 10.5 Å². The lowest BCUT2D eigenvalue weighted by molar-refractivity contribution is -0.384. The normalized spacial score (nSPS) is 17.3. The maximum absolute atomic E-state index is 10.7. The van der Waals surface area contributed by atoms with Crippen LogP contribution >= 0.6 is 0 Å². The first-order valence-corrected chi connectivity index (χ1v) is 5.71. The average molecular weight is 236 g/mol. The highest BCUT2D eigenvalue weighted by molar-refractivity contribution is 5.54. The van der Waals surface area contributed by atoms with E-state index in [9.17, 15) is 15.2 Å². The number of aryl methyl sites for hydroxylation is 1. The lowest BCUT2D eigenvalue weighted by Crippen LogP contribution is -2.43. The fourth-order valence-electron chi connectivity index (χ4n) is 2.00. The van der Waals surface area contributed by atoms with Gasteiger partial charge in [0.15, 0.2) is 0 Å². The van der Waals surface area contributed by atoms with Crippen LogP contribution in [0.25, 0.3) is 0 Å². The highest BCUT2D eigenvalue weighted by Gasteiger charge is 2.33. The monoisotopic (exact) mass is 236 g/mol. The van der Waals surface area contributed by atoms with Crippen LogP contribution in [0.15, 0.2) is 18.2 Å². The Bertz CT molecular complexity index is 441. The van der Waals surface area contributed by atoms with Crippen LogP contribution in [-0.2, 0) is 0 Å². The summed E-state index contributed by atoms with van der Waals surface area (Å²) in [5, 5.41) is 23.7. The number of aliphatic hydroxyl groups is 1. The number of nitrogens with zero attached hydrogens (tertiary/aromatic N) is 1. The quantitative estimate of drug-likeness (QED) is 0.621. The summed E-state index contributed by atoms with van der Waals surface area (Å²) in [7, 11) is 0. The molecule has 0 aliphatic heterocycles. The van der Waals surface area contributed by atoms with E-state index in [1.807, 2.05) is 13.0 Å². The van der Waals surface area contributed by atoms with Gasteiger partial charge in [-0.3, -0.25) is 10.1 Å². The van der Waals surface area contributed by atoms with Crippen LogP contribution < -0.4 is 5.32 Å². The summed E-state index contributed by atoms with van der Waals surface area (Å²) in [6, 6.07) is 4.87. The number of hydrogen-bond acceptors (Lipinski definition) is 4. The van der Waals surface area contributed by atoms with Gasteiger partial charge >= 0.3 is 0 Å². The smallest absolute Gasteiger partial charge is 0.271 e. The van der Waals surface area contributed by atoms with Crippen molar-refractivity contribution in [2.24, 2.45) is 0 Å². The Morgan fingerprint density at radius 3 is 2.71 bits per heavy atom. The SMILES string of the molecule is Cc1cc(NCC2(O)CCC2)cc([N+](=O)[O-])c1. The number of anilines is 1. The molecular weight excluding hydrogens is 220 g/mol. The number of nitro benzene ring substituents is 1. The highest BCUT2D eigenvalue weighted by Crippen LogP contribution is 2.32. The molecule has 0 atom stereocenters. The van der Waals surface area contributed by atoms with Crippen LogP contribution in [0.2, 0.25) is 0 Å². The fourth-order valence-corrected chi connectivity index (χ4v) is 2.00. The van der Waals surface area contributed by atoms with E-state index in [0.717, 1.165) is 24.8 Å². The Kier molecular flexibility index (Phi) is 3.02. The molecule has 1 aromatic rings. The molecule has 0 radical (unpaired) electrons. The van der Waals surface area contributed by atoms with Crippen LogP contribution in [0.5, 0.6) is 0 Å². The summed E-state index contributed by atoms with van der Waals surface area (Å²) in [5.74, 6) is 0. The molecule has 1 saturated carbocycles. The van der Waals surface area contributed by atoms with Crippen molar-refractivity contribution in [3.63, 3.8) is 0 Å². The number of non-ortho nitro benzene ring substituents is 1. The lowest BCUT2D eigenvalue weighted by Gasteiger charge is -2.36. The van der Waals surface area contributed by atoms with E-state index in [0.29, 0.717) is 12.2 Å². The first-order chi connectivity index (χ1) is 7.98. The van der Waals surface area contributed by atoms with Gasteiger partial charge in [-0.05, 0) is 37.8 Å². The molecule has 0 spiro atoms. The molecule has 0 unspecified atom stereocenters. The van der Waals surface area contributed by atoms with Crippen LogP contribution in [0.1, 0.15) is 24.8 Å². The number of hydrogen-bond donors (Lipinski definition) is 2. The maximum atomic E-state index is 10.7. The summed E-state index contributed by atoms with van der Waals surface area (Å²) in [6.45, 7) is 2.27. The molecule has 0 amide bonds. The Morgan fingerprint density at radius 1 is 1.47 bits per heavy atom. The minimum Gasteiger partial charge on any atom is -0.388 e. The van der Waals surface area contributed by atoms with Gasteiger partial charge in [0.25, 0.3) is 5.69 Å². The van der Waals surface area contributed by atoms with E-state index in [-0.39, 0.29) is 5.69 Å². The van der Waals surface area contributed by atoms with Gasteiger partial charge in [-0.15, -0.1) is 0 Å². The van der Waals surface area contributed by atoms with E-state index in [1.54, 1.807) is 0 Å². The van der Waals surface area contributed by atoms with Gasteiger partial charge in [0.1, 0.15) is 0 Å². The van der Waals surface area contributed by atoms with E-state index in [4.69, 9.17) is 0 Å². The Hall–Kier alpha value is -1.62. The Balaban J connectivity index is 2.07. The minimum atomic E-state index is -0.626. The maximum Gasteiger partial charge on any atom is 0.271 e. The van der Waals surface area contributed by atoms with Gasteiger partial charge in [0.05, 0.1) is 10.5 Å². The molecule has 2 rings (SSSR count). The third-order valence-electron chi connectivity index (χ3n) is 3.18. The summed E-state index contributed by atoms with van der Waals surface area (Å²) < 4.78 is 0. The molecule has 1 aliphatic carbocycles. The molecule has 0 saturated heterocycles. The molecule has 1 aromatic carbocycles. The largest absolute Gasteiger partial charge is 0.388 e. The predicted molar refractivity (Wildman–Crippen MR) is 65.1 cm³/mol.